The summed E-state index contributed by atoms with van der Waals surface area (Å²) < 4.78 is 23.7. The number of aromatic nitrogens is 3. The first-order valence-electron chi connectivity index (χ1n) is 7.84. The fourth-order valence-corrected chi connectivity index (χ4v) is 2.64. The monoisotopic (exact) mass is 336 g/mol. The number of ether oxygens (including phenoxy) is 1. The van der Waals surface area contributed by atoms with Crippen molar-refractivity contribution in [3.05, 3.63) is 54.3 Å². The molecule has 2 aromatic heterocycles. The molecule has 3 aromatic rings. The smallest absolute Gasteiger partial charge is 0.247 e. The van der Waals surface area contributed by atoms with Crippen LogP contribution in [0.15, 0.2) is 47.1 Å². The molecule has 1 fully saturated rings. The highest BCUT2D eigenvalue weighted by Gasteiger charge is 2.44. The number of hydrogen-bond donors (Lipinski definition) is 0. The minimum absolute atomic E-state index is 0.329. The SMILES string of the molecule is N#CC1(c2nc(-c3ccc(Oc4ccc(F)cc4)nc3)no2)CCC1. The second-order valence-electron chi connectivity index (χ2n) is 5.91. The van der Waals surface area contributed by atoms with E-state index in [1.165, 1.54) is 24.3 Å². The molecule has 0 bridgehead atoms. The van der Waals surface area contributed by atoms with E-state index in [9.17, 15) is 9.65 Å². The molecule has 0 atom stereocenters. The average Bonchev–Trinajstić information content (AvgIpc) is 3.07. The zero-order valence-electron chi connectivity index (χ0n) is 13.1. The van der Waals surface area contributed by atoms with Gasteiger partial charge in [-0.1, -0.05) is 5.16 Å². The first kappa shape index (κ1) is 15.3. The lowest BCUT2D eigenvalue weighted by Gasteiger charge is -2.30. The van der Waals surface area contributed by atoms with E-state index in [0.29, 0.717) is 28.9 Å². The van der Waals surface area contributed by atoms with Gasteiger partial charge in [0.1, 0.15) is 17.0 Å². The van der Waals surface area contributed by atoms with E-state index in [4.69, 9.17) is 9.26 Å². The number of nitrogens with zero attached hydrogens (tertiary/aromatic N) is 4. The molecule has 0 amide bonds. The van der Waals surface area contributed by atoms with Crippen molar-refractivity contribution in [3.8, 4) is 29.1 Å². The number of hydrogen-bond acceptors (Lipinski definition) is 6. The summed E-state index contributed by atoms with van der Waals surface area (Å²) in [6, 6.07) is 11.4. The molecule has 0 saturated heterocycles. The van der Waals surface area contributed by atoms with E-state index >= 15 is 0 Å². The molecule has 0 unspecified atom stereocenters. The van der Waals surface area contributed by atoms with Crippen LogP contribution in [0.2, 0.25) is 0 Å². The van der Waals surface area contributed by atoms with Crippen LogP contribution in [0, 0.1) is 17.1 Å². The summed E-state index contributed by atoms with van der Waals surface area (Å²) in [5.41, 5.74) is 0.0264. The normalized spacial score (nSPS) is 15.2. The first-order valence-corrected chi connectivity index (χ1v) is 7.84. The summed E-state index contributed by atoms with van der Waals surface area (Å²) in [5.74, 6) is 1.28. The molecule has 6 nitrogen and oxygen atoms in total. The quantitative estimate of drug-likeness (QED) is 0.715. The molecule has 2 heterocycles. The molecule has 1 aliphatic carbocycles. The maximum Gasteiger partial charge on any atom is 0.247 e. The Morgan fingerprint density at radius 2 is 1.96 bits per heavy atom. The highest BCUT2D eigenvalue weighted by atomic mass is 19.1. The van der Waals surface area contributed by atoms with Crippen molar-refractivity contribution in [2.75, 3.05) is 0 Å². The lowest BCUT2D eigenvalue weighted by Crippen LogP contribution is -2.32. The fraction of sp³-hybridized carbons (Fsp3) is 0.222. The zero-order valence-corrected chi connectivity index (χ0v) is 13.1. The third-order valence-electron chi connectivity index (χ3n) is 4.29. The van der Waals surface area contributed by atoms with Crippen molar-refractivity contribution in [1.82, 2.24) is 15.1 Å². The third-order valence-corrected chi connectivity index (χ3v) is 4.29. The molecule has 4 rings (SSSR count). The Hall–Kier alpha value is -3.27. The highest BCUT2D eigenvalue weighted by molar-refractivity contribution is 5.53. The highest BCUT2D eigenvalue weighted by Crippen LogP contribution is 2.42. The Morgan fingerprint density at radius 1 is 1.16 bits per heavy atom. The number of nitriles is 1. The zero-order chi connectivity index (χ0) is 17.3. The van der Waals surface area contributed by atoms with Crippen molar-refractivity contribution < 1.29 is 13.7 Å². The fourth-order valence-electron chi connectivity index (χ4n) is 2.64. The summed E-state index contributed by atoms with van der Waals surface area (Å²) in [6.45, 7) is 0. The van der Waals surface area contributed by atoms with Crippen molar-refractivity contribution in [3.63, 3.8) is 0 Å². The molecule has 0 radical (unpaired) electrons. The van der Waals surface area contributed by atoms with Gasteiger partial charge >= 0.3 is 0 Å². The van der Waals surface area contributed by atoms with E-state index in [1.807, 2.05) is 0 Å². The van der Waals surface area contributed by atoms with Gasteiger partial charge in [-0.3, -0.25) is 0 Å². The van der Waals surface area contributed by atoms with Gasteiger partial charge in [0.15, 0.2) is 0 Å². The van der Waals surface area contributed by atoms with Crippen LogP contribution in [-0.2, 0) is 5.41 Å². The minimum atomic E-state index is -0.635. The van der Waals surface area contributed by atoms with E-state index in [0.717, 1.165) is 19.3 Å². The van der Waals surface area contributed by atoms with Crippen molar-refractivity contribution in [1.29, 1.82) is 5.26 Å². The van der Waals surface area contributed by atoms with Gasteiger partial charge in [-0.15, -0.1) is 0 Å². The lowest BCUT2D eigenvalue weighted by molar-refractivity contribution is 0.232. The molecule has 0 spiro atoms. The van der Waals surface area contributed by atoms with E-state index in [-0.39, 0.29) is 5.82 Å². The largest absolute Gasteiger partial charge is 0.439 e. The van der Waals surface area contributed by atoms with Crippen molar-refractivity contribution in [2.45, 2.75) is 24.7 Å². The molecule has 1 aliphatic rings. The number of rotatable bonds is 4. The topological polar surface area (TPSA) is 84.8 Å². The van der Waals surface area contributed by atoms with Gasteiger partial charge < -0.3 is 9.26 Å². The summed E-state index contributed by atoms with van der Waals surface area (Å²) in [6.07, 6.45) is 4.04. The van der Waals surface area contributed by atoms with Crippen LogP contribution in [0.3, 0.4) is 0 Å². The number of benzene rings is 1. The number of pyridine rings is 1. The van der Waals surface area contributed by atoms with Gasteiger partial charge in [0.2, 0.25) is 17.6 Å². The van der Waals surface area contributed by atoms with E-state index in [2.05, 4.69) is 21.2 Å². The molecule has 0 N–H and O–H groups in total. The van der Waals surface area contributed by atoms with Gasteiger partial charge in [-0.25, -0.2) is 9.37 Å². The molecule has 25 heavy (non-hydrogen) atoms. The van der Waals surface area contributed by atoms with Crippen molar-refractivity contribution in [2.24, 2.45) is 0 Å². The van der Waals surface area contributed by atoms with Crippen LogP contribution in [-0.4, -0.2) is 15.1 Å². The van der Waals surface area contributed by atoms with Gasteiger partial charge in [0.25, 0.3) is 0 Å². The maximum absolute atomic E-state index is 12.9. The van der Waals surface area contributed by atoms with Crippen LogP contribution in [0.5, 0.6) is 11.6 Å². The lowest BCUT2D eigenvalue weighted by atomic mass is 9.70. The van der Waals surface area contributed by atoms with Crippen LogP contribution in [0.1, 0.15) is 25.2 Å². The molecule has 1 saturated carbocycles. The van der Waals surface area contributed by atoms with Crippen LogP contribution < -0.4 is 4.74 Å². The molecule has 7 heteroatoms. The van der Waals surface area contributed by atoms with Gasteiger partial charge in [-0.05, 0) is 49.6 Å². The Morgan fingerprint density at radius 3 is 2.56 bits per heavy atom. The third kappa shape index (κ3) is 2.83. The first-order chi connectivity index (χ1) is 12.2. The van der Waals surface area contributed by atoms with E-state index in [1.54, 1.807) is 18.3 Å². The van der Waals surface area contributed by atoms with Gasteiger partial charge in [0.05, 0.1) is 6.07 Å². The molecule has 124 valence electrons. The Balaban J connectivity index is 1.52. The summed E-state index contributed by atoms with van der Waals surface area (Å²) in [5, 5.41) is 13.3. The second-order valence-corrected chi connectivity index (χ2v) is 5.91. The predicted octanol–water partition coefficient (Wildman–Crippen LogP) is 4.01. The summed E-state index contributed by atoms with van der Waals surface area (Å²) in [7, 11) is 0. The predicted molar refractivity (Wildman–Crippen MR) is 85.1 cm³/mol. The number of halogens is 1. The Kier molecular flexibility index (Phi) is 3.65. The molecule has 1 aromatic carbocycles. The molecular weight excluding hydrogens is 323 g/mol. The molecule has 0 aliphatic heterocycles. The molecular formula is C18H13FN4O2. The Labute approximate surface area is 142 Å². The minimum Gasteiger partial charge on any atom is -0.439 e. The average molecular weight is 336 g/mol. The van der Waals surface area contributed by atoms with Gasteiger partial charge in [-0.2, -0.15) is 10.2 Å². The van der Waals surface area contributed by atoms with Gasteiger partial charge in [0, 0.05) is 17.8 Å². The summed E-state index contributed by atoms with van der Waals surface area (Å²) >= 11 is 0. The van der Waals surface area contributed by atoms with E-state index < -0.39 is 5.41 Å². The van der Waals surface area contributed by atoms with Crippen LogP contribution >= 0.6 is 0 Å². The summed E-state index contributed by atoms with van der Waals surface area (Å²) in [4.78, 5) is 8.54. The van der Waals surface area contributed by atoms with Crippen LogP contribution in [0.25, 0.3) is 11.4 Å². The standard InChI is InChI=1S/C18H13FN4O2/c19-13-3-5-14(6-4-13)24-15-7-2-12(10-21-15)16-22-17(25-23-16)18(11-20)8-1-9-18/h2-7,10H,1,8-9H2. The maximum atomic E-state index is 12.9. The second kappa shape index (κ2) is 5.98. The Bertz CT molecular complexity index is 925. The van der Waals surface area contributed by atoms with Crippen LogP contribution in [0.4, 0.5) is 4.39 Å². The van der Waals surface area contributed by atoms with Crippen molar-refractivity contribution >= 4 is 0 Å².